The topological polar surface area (TPSA) is 134 Å². The van der Waals surface area contributed by atoms with Crippen molar-refractivity contribution < 1.29 is 39.5 Å². The summed E-state index contributed by atoms with van der Waals surface area (Å²) in [6.45, 7) is 3.04. The van der Waals surface area contributed by atoms with E-state index in [4.69, 9.17) is 25.2 Å². The molecule has 0 aromatic rings. The van der Waals surface area contributed by atoms with E-state index in [1.54, 1.807) is 0 Å². The van der Waals surface area contributed by atoms with Crippen LogP contribution in [0.25, 0.3) is 0 Å². The van der Waals surface area contributed by atoms with E-state index in [0.717, 1.165) is 0 Å². The van der Waals surface area contributed by atoms with E-state index < -0.39 is 24.1 Å². The van der Waals surface area contributed by atoms with Crippen LogP contribution in [0.4, 0.5) is 0 Å². The van der Waals surface area contributed by atoms with Crippen molar-refractivity contribution in [1.82, 2.24) is 0 Å². The predicted octanol–water partition coefficient (Wildman–Crippen LogP) is -1.63. The van der Waals surface area contributed by atoms with Crippen molar-refractivity contribution in [3.05, 3.63) is 0 Å². The molecule has 0 aromatic heterocycles. The highest BCUT2D eigenvalue weighted by molar-refractivity contribution is 5.73. The Kier molecular flexibility index (Phi) is 13.0. The van der Waals surface area contributed by atoms with Crippen molar-refractivity contribution in [1.29, 1.82) is 0 Å². The average Bonchev–Trinajstić information content (AvgIpc) is 2.29. The Morgan fingerprint density at radius 3 is 1.89 bits per heavy atom. The van der Waals surface area contributed by atoms with E-state index in [-0.39, 0.29) is 26.4 Å². The molecule has 0 amide bonds. The lowest BCUT2D eigenvalue weighted by atomic mass is 10.4. The van der Waals surface area contributed by atoms with E-state index in [9.17, 15) is 9.59 Å². The van der Waals surface area contributed by atoms with Crippen LogP contribution in [0.2, 0.25) is 0 Å². The Bertz CT molecular complexity index is 226. The molecule has 8 nitrogen and oxygen atoms in total. The van der Waals surface area contributed by atoms with Crippen molar-refractivity contribution in [3.8, 4) is 0 Å². The third-order valence-corrected chi connectivity index (χ3v) is 1.41. The lowest BCUT2D eigenvalue weighted by Crippen LogP contribution is -2.21. The van der Waals surface area contributed by atoms with Gasteiger partial charge in [0, 0.05) is 0 Å². The summed E-state index contributed by atoms with van der Waals surface area (Å²) in [6, 6.07) is 0. The average molecular weight is 268 g/mol. The Hall–Kier alpha value is -1.22. The first-order valence-electron chi connectivity index (χ1n) is 5.27. The van der Waals surface area contributed by atoms with Gasteiger partial charge in [-0.05, 0) is 13.8 Å². The van der Waals surface area contributed by atoms with Crippen LogP contribution in [0.1, 0.15) is 13.8 Å². The fraction of sp³-hybridized carbons (Fsp3) is 0.800. The van der Waals surface area contributed by atoms with Gasteiger partial charge in [-0.15, -0.1) is 0 Å². The monoisotopic (exact) mass is 268 g/mol. The fourth-order valence-corrected chi connectivity index (χ4v) is 0.488. The zero-order valence-corrected chi connectivity index (χ0v) is 10.4. The second kappa shape index (κ2) is 12.2. The van der Waals surface area contributed by atoms with E-state index in [2.05, 4.69) is 4.74 Å². The number of hydrogen-bond acceptors (Lipinski definition) is 7. The maximum absolute atomic E-state index is 10.6. The minimum absolute atomic E-state index is 0.0512. The highest BCUT2D eigenvalue weighted by Crippen LogP contribution is 1.86. The first-order valence-corrected chi connectivity index (χ1v) is 5.27. The van der Waals surface area contributed by atoms with Crippen LogP contribution in [0, 0.1) is 0 Å². The first-order chi connectivity index (χ1) is 8.32. The van der Waals surface area contributed by atoms with Crippen molar-refractivity contribution in [2.24, 2.45) is 0 Å². The van der Waals surface area contributed by atoms with Crippen molar-refractivity contribution >= 4 is 11.9 Å². The fourth-order valence-electron chi connectivity index (χ4n) is 0.488. The van der Waals surface area contributed by atoms with Crippen LogP contribution >= 0.6 is 0 Å². The number of carbonyl (C=O) groups is 2. The molecule has 0 aliphatic rings. The third-order valence-electron chi connectivity index (χ3n) is 1.41. The number of carboxylic acids is 1. The molecule has 2 atom stereocenters. The zero-order chi connectivity index (χ0) is 14.6. The van der Waals surface area contributed by atoms with Gasteiger partial charge in [0.1, 0.15) is 18.8 Å². The molecule has 2 unspecified atom stereocenters. The maximum atomic E-state index is 10.6. The Labute approximate surface area is 105 Å². The molecule has 18 heavy (non-hydrogen) atoms. The number of aliphatic hydroxyl groups excluding tert-OH is 3. The van der Waals surface area contributed by atoms with E-state index in [1.807, 2.05) is 0 Å². The molecule has 4 N–H and O–H groups in total. The third kappa shape index (κ3) is 14.8. The Morgan fingerprint density at radius 2 is 1.56 bits per heavy atom. The smallest absolute Gasteiger partial charge is 0.334 e. The minimum Gasteiger partial charge on any atom is -0.479 e. The van der Waals surface area contributed by atoms with Gasteiger partial charge in [-0.3, -0.25) is 0 Å². The van der Waals surface area contributed by atoms with Gasteiger partial charge in [-0.2, -0.15) is 0 Å². The molecular weight excluding hydrogens is 248 g/mol. The second-order valence-corrected chi connectivity index (χ2v) is 3.19. The summed E-state index contributed by atoms with van der Waals surface area (Å²) in [6.07, 6.45) is -2.33. The molecule has 0 saturated carbocycles. The zero-order valence-electron chi connectivity index (χ0n) is 10.4. The summed E-state index contributed by atoms with van der Waals surface area (Å²) in [7, 11) is 0. The highest BCUT2D eigenvalue weighted by Gasteiger charge is 2.08. The van der Waals surface area contributed by atoms with Gasteiger partial charge in [0.05, 0.1) is 19.8 Å². The molecule has 0 saturated heterocycles. The van der Waals surface area contributed by atoms with Gasteiger partial charge in [-0.1, -0.05) is 0 Å². The van der Waals surface area contributed by atoms with E-state index in [1.165, 1.54) is 13.8 Å². The number of aliphatic carboxylic acids is 1. The predicted molar refractivity (Wildman–Crippen MR) is 59.9 cm³/mol. The Morgan fingerprint density at radius 1 is 1.06 bits per heavy atom. The molecule has 0 heterocycles. The number of hydrogen-bond donors (Lipinski definition) is 4. The van der Waals surface area contributed by atoms with Crippen LogP contribution in [0.15, 0.2) is 0 Å². The van der Waals surface area contributed by atoms with Gasteiger partial charge in [-0.25, -0.2) is 9.59 Å². The van der Waals surface area contributed by atoms with Crippen LogP contribution in [-0.2, 0) is 19.1 Å². The van der Waals surface area contributed by atoms with Crippen LogP contribution < -0.4 is 0 Å². The van der Waals surface area contributed by atoms with Gasteiger partial charge >= 0.3 is 11.9 Å². The quantitative estimate of drug-likeness (QED) is 0.319. The lowest BCUT2D eigenvalue weighted by Gasteiger charge is -2.06. The summed E-state index contributed by atoms with van der Waals surface area (Å²) >= 11 is 0. The highest BCUT2D eigenvalue weighted by atomic mass is 16.6. The number of aliphatic hydroxyl groups is 3. The van der Waals surface area contributed by atoms with Gasteiger partial charge in [0.2, 0.25) is 0 Å². The van der Waals surface area contributed by atoms with Crippen LogP contribution in [0.3, 0.4) is 0 Å². The summed E-state index contributed by atoms with van der Waals surface area (Å²) in [4.78, 5) is 20.0. The van der Waals surface area contributed by atoms with Crippen molar-refractivity contribution in [2.45, 2.75) is 26.1 Å². The molecule has 0 aliphatic heterocycles. The van der Waals surface area contributed by atoms with Crippen molar-refractivity contribution in [2.75, 3.05) is 26.4 Å². The van der Waals surface area contributed by atoms with E-state index >= 15 is 0 Å². The summed E-state index contributed by atoms with van der Waals surface area (Å²) in [5.74, 6) is -1.85. The van der Waals surface area contributed by atoms with Crippen molar-refractivity contribution in [3.63, 3.8) is 0 Å². The summed E-state index contributed by atoms with van der Waals surface area (Å²) in [5, 5.41) is 32.7. The minimum atomic E-state index is -1.23. The molecule has 0 spiro atoms. The molecule has 0 aliphatic carbocycles. The van der Waals surface area contributed by atoms with Gasteiger partial charge in [0.15, 0.2) is 0 Å². The molecular formula is C10H20O8. The number of rotatable bonds is 7. The number of carboxylic acid groups (broad SMARTS) is 1. The molecule has 8 heteroatoms. The largest absolute Gasteiger partial charge is 0.479 e. The van der Waals surface area contributed by atoms with E-state index in [0.29, 0.717) is 0 Å². The molecule has 0 fully saturated rings. The van der Waals surface area contributed by atoms with Crippen LogP contribution in [0.5, 0.6) is 0 Å². The summed E-state index contributed by atoms with van der Waals surface area (Å²) < 4.78 is 9.36. The van der Waals surface area contributed by atoms with Gasteiger partial charge in [0.25, 0.3) is 0 Å². The molecule has 0 aromatic carbocycles. The molecule has 0 bridgehead atoms. The second-order valence-electron chi connectivity index (χ2n) is 3.19. The number of ether oxygens (including phenoxy) is 2. The lowest BCUT2D eigenvalue weighted by molar-refractivity contribution is -0.154. The SMILES string of the molecule is CC(O)C(=O)O.CC(O)C(=O)OCCOCCO. The maximum Gasteiger partial charge on any atom is 0.334 e. The molecule has 108 valence electrons. The Balaban J connectivity index is 0. The first kappa shape index (κ1) is 19.1. The number of esters is 1. The molecule has 0 rings (SSSR count). The standard InChI is InChI=1S/C7H14O5.C3H6O3/c1-6(9)7(10)12-5-4-11-3-2-8;1-2(4)3(5)6/h6,8-9H,2-5H2,1H3;2,4H,1H3,(H,5,6). The molecule has 0 radical (unpaired) electrons. The normalized spacial score (nSPS) is 12.9. The summed E-state index contributed by atoms with van der Waals surface area (Å²) in [5.41, 5.74) is 0. The number of carbonyl (C=O) groups excluding carboxylic acids is 1. The van der Waals surface area contributed by atoms with Gasteiger partial charge < -0.3 is 29.9 Å². The van der Waals surface area contributed by atoms with Crippen LogP contribution in [-0.4, -0.2) is 71.0 Å².